The highest BCUT2D eigenvalue weighted by molar-refractivity contribution is 5.72. The molecule has 118 valence electrons. The van der Waals surface area contributed by atoms with E-state index in [0.717, 1.165) is 22.4 Å². The second-order valence-corrected chi connectivity index (χ2v) is 5.90. The van der Waals surface area contributed by atoms with Crippen LogP contribution in [0.4, 0.5) is 4.39 Å². The van der Waals surface area contributed by atoms with Gasteiger partial charge in [0.2, 0.25) is 0 Å². The van der Waals surface area contributed by atoms with Crippen LogP contribution in [-0.2, 0) is 0 Å². The molecule has 0 spiro atoms. The number of alkyl halides is 1. The smallest absolute Gasteiger partial charge is 0.130 e. The lowest BCUT2D eigenvalue weighted by atomic mass is 9.89. The van der Waals surface area contributed by atoms with Gasteiger partial charge in [-0.1, -0.05) is 39.8 Å². The second kappa shape index (κ2) is 8.18. The van der Waals surface area contributed by atoms with Crippen molar-refractivity contribution in [3.8, 4) is 5.75 Å². The maximum Gasteiger partial charge on any atom is 0.130 e. The number of aliphatic hydroxyl groups excluding tert-OH is 1. The number of ether oxygens (including phenoxy) is 1. The zero-order valence-electron chi connectivity index (χ0n) is 13.7. The predicted molar refractivity (Wildman–Crippen MR) is 86.8 cm³/mol. The monoisotopic (exact) mass is 294 g/mol. The minimum absolute atomic E-state index is 0.0166. The summed E-state index contributed by atoms with van der Waals surface area (Å²) in [5, 5.41) is 9.14. The minimum Gasteiger partial charge on any atom is -0.490 e. The van der Waals surface area contributed by atoms with Crippen molar-refractivity contribution in [1.82, 2.24) is 0 Å². The summed E-state index contributed by atoms with van der Waals surface area (Å²) in [7, 11) is 0. The molecule has 0 amide bonds. The Balaban J connectivity index is 3.49. The van der Waals surface area contributed by atoms with Gasteiger partial charge in [0.15, 0.2) is 0 Å². The fraction of sp³-hybridized carbons (Fsp3) is 0.556. The van der Waals surface area contributed by atoms with Gasteiger partial charge in [-0.05, 0) is 41.5 Å². The van der Waals surface area contributed by atoms with E-state index < -0.39 is 6.67 Å². The summed E-state index contributed by atoms with van der Waals surface area (Å²) in [5.74, 6) is 1.44. The Hall–Kier alpha value is -1.35. The molecule has 1 aromatic rings. The number of hydrogen-bond acceptors (Lipinski definition) is 2. The van der Waals surface area contributed by atoms with Gasteiger partial charge in [0.25, 0.3) is 0 Å². The van der Waals surface area contributed by atoms with Crippen molar-refractivity contribution >= 4 is 5.57 Å². The maximum absolute atomic E-state index is 12.5. The molecule has 0 aromatic heterocycles. The van der Waals surface area contributed by atoms with Crippen molar-refractivity contribution in [1.29, 1.82) is 0 Å². The van der Waals surface area contributed by atoms with E-state index in [4.69, 9.17) is 9.84 Å². The third-order valence-electron chi connectivity index (χ3n) is 3.57. The Kier molecular flexibility index (Phi) is 6.90. The molecule has 0 saturated carbocycles. The zero-order chi connectivity index (χ0) is 16.0. The second-order valence-electron chi connectivity index (χ2n) is 5.90. The summed E-state index contributed by atoms with van der Waals surface area (Å²) >= 11 is 0. The fourth-order valence-corrected chi connectivity index (χ4v) is 2.28. The summed E-state index contributed by atoms with van der Waals surface area (Å²) in [6, 6.07) is 4.24. The predicted octanol–water partition coefficient (Wildman–Crippen LogP) is 4.68. The molecule has 0 heterocycles. The molecule has 0 saturated heterocycles. The van der Waals surface area contributed by atoms with Crippen LogP contribution in [0.3, 0.4) is 0 Å². The third kappa shape index (κ3) is 4.57. The van der Waals surface area contributed by atoms with E-state index in [-0.39, 0.29) is 13.2 Å². The molecule has 1 rings (SSSR count). The Bertz CT molecular complexity index is 490. The minimum atomic E-state index is -0.508. The lowest BCUT2D eigenvalue weighted by Crippen LogP contribution is -2.07. The van der Waals surface area contributed by atoms with Crippen LogP contribution < -0.4 is 4.74 Å². The molecule has 1 aromatic carbocycles. The number of benzene rings is 1. The lowest BCUT2D eigenvalue weighted by molar-refractivity contribution is 0.269. The Morgan fingerprint density at radius 3 is 2.38 bits per heavy atom. The molecule has 0 fully saturated rings. The van der Waals surface area contributed by atoms with Gasteiger partial charge in [-0.3, -0.25) is 0 Å². The first-order chi connectivity index (χ1) is 9.92. The first-order valence-electron chi connectivity index (χ1n) is 7.56. The summed E-state index contributed by atoms with van der Waals surface area (Å²) in [6.45, 7) is 9.99. The van der Waals surface area contributed by atoms with Gasteiger partial charge in [-0.15, -0.1) is 0 Å². The molecule has 1 N–H and O–H groups in total. The van der Waals surface area contributed by atoms with E-state index in [9.17, 15) is 4.39 Å². The van der Waals surface area contributed by atoms with Crippen LogP contribution in [0.15, 0.2) is 18.2 Å². The van der Waals surface area contributed by atoms with E-state index in [2.05, 4.69) is 39.8 Å². The average Bonchev–Trinajstić information content (AvgIpc) is 2.44. The highest BCUT2D eigenvalue weighted by Crippen LogP contribution is 2.37. The number of aliphatic hydroxyl groups is 1. The van der Waals surface area contributed by atoms with Crippen molar-refractivity contribution in [2.45, 2.75) is 46.5 Å². The zero-order valence-corrected chi connectivity index (χ0v) is 13.7. The van der Waals surface area contributed by atoms with Crippen LogP contribution in [0.1, 0.15) is 63.1 Å². The van der Waals surface area contributed by atoms with E-state index in [1.165, 1.54) is 5.56 Å². The van der Waals surface area contributed by atoms with E-state index in [1.54, 1.807) is 6.08 Å². The highest BCUT2D eigenvalue weighted by atomic mass is 19.1. The van der Waals surface area contributed by atoms with Gasteiger partial charge in [0, 0.05) is 5.56 Å². The van der Waals surface area contributed by atoms with Crippen LogP contribution in [0.5, 0.6) is 5.75 Å². The number of halogens is 1. The number of hydrogen-bond donors (Lipinski definition) is 1. The summed E-state index contributed by atoms with van der Waals surface area (Å²) in [4.78, 5) is 0. The average molecular weight is 294 g/mol. The largest absolute Gasteiger partial charge is 0.490 e. The van der Waals surface area contributed by atoms with Crippen molar-refractivity contribution in [3.63, 3.8) is 0 Å². The normalized spacial score (nSPS) is 12.3. The highest BCUT2D eigenvalue weighted by Gasteiger charge is 2.17. The first-order valence-corrected chi connectivity index (χ1v) is 7.56. The van der Waals surface area contributed by atoms with Crippen molar-refractivity contribution < 1.29 is 14.2 Å². The van der Waals surface area contributed by atoms with Crippen LogP contribution in [0, 0.1) is 0 Å². The van der Waals surface area contributed by atoms with Crippen molar-refractivity contribution in [2.24, 2.45) is 0 Å². The van der Waals surface area contributed by atoms with Crippen LogP contribution in [0.25, 0.3) is 5.57 Å². The molecule has 0 radical (unpaired) electrons. The van der Waals surface area contributed by atoms with Gasteiger partial charge < -0.3 is 9.84 Å². The van der Waals surface area contributed by atoms with E-state index in [1.807, 2.05) is 6.92 Å². The van der Waals surface area contributed by atoms with Crippen molar-refractivity contribution in [2.75, 3.05) is 19.9 Å². The van der Waals surface area contributed by atoms with E-state index >= 15 is 0 Å². The van der Waals surface area contributed by atoms with Gasteiger partial charge in [-0.2, -0.15) is 0 Å². The summed E-state index contributed by atoms with van der Waals surface area (Å²) in [5.41, 5.74) is 4.23. The molecule has 0 aliphatic heterocycles. The number of rotatable bonds is 7. The quantitative estimate of drug-likeness (QED) is 0.791. The standard InChI is InChI=1S/C18H27FO2/c1-12(2)15-10-16(13(3)4)18(21-9-7-19)17(11-15)14(5)6-8-20/h6,10-13,20H,7-9H2,1-5H3/b14-6-. The van der Waals surface area contributed by atoms with E-state index in [0.29, 0.717) is 11.8 Å². The number of allylic oxidation sites excluding steroid dienone is 1. The van der Waals surface area contributed by atoms with Crippen LogP contribution in [-0.4, -0.2) is 25.0 Å². The maximum atomic E-state index is 12.5. The summed E-state index contributed by atoms with van der Waals surface area (Å²) in [6.07, 6.45) is 1.76. The molecule has 0 atom stereocenters. The van der Waals surface area contributed by atoms with Crippen LogP contribution >= 0.6 is 0 Å². The van der Waals surface area contributed by atoms with Gasteiger partial charge in [0.1, 0.15) is 19.0 Å². The summed E-state index contributed by atoms with van der Waals surface area (Å²) < 4.78 is 18.2. The Morgan fingerprint density at radius 2 is 1.90 bits per heavy atom. The molecular formula is C18H27FO2. The fourth-order valence-electron chi connectivity index (χ4n) is 2.28. The topological polar surface area (TPSA) is 29.5 Å². The Morgan fingerprint density at radius 1 is 1.24 bits per heavy atom. The molecule has 0 bridgehead atoms. The Labute approximate surface area is 127 Å². The third-order valence-corrected chi connectivity index (χ3v) is 3.57. The molecule has 3 heteroatoms. The van der Waals surface area contributed by atoms with Gasteiger partial charge in [0.05, 0.1) is 6.61 Å². The molecule has 0 aliphatic carbocycles. The lowest BCUT2D eigenvalue weighted by Gasteiger charge is -2.21. The molecule has 0 aliphatic rings. The van der Waals surface area contributed by atoms with Gasteiger partial charge in [-0.25, -0.2) is 4.39 Å². The van der Waals surface area contributed by atoms with Crippen molar-refractivity contribution in [3.05, 3.63) is 34.9 Å². The molecule has 0 unspecified atom stereocenters. The van der Waals surface area contributed by atoms with Crippen LogP contribution in [0.2, 0.25) is 0 Å². The SMILES string of the molecule is C/C(=C/CO)c1cc(C(C)C)cc(C(C)C)c1OCCF. The molecular weight excluding hydrogens is 267 g/mol. The molecule has 21 heavy (non-hydrogen) atoms. The molecule has 2 nitrogen and oxygen atoms in total. The van der Waals surface area contributed by atoms with Gasteiger partial charge >= 0.3 is 0 Å². The first kappa shape index (κ1) is 17.7.